The number of imidazole rings is 1. The van der Waals surface area contributed by atoms with E-state index in [-0.39, 0.29) is 40.9 Å². The number of nitrogens with one attached hydrogen (secondary N) is 3. The molecular weight excluding hydrogens is 690 g/mol. The third-order valence-corrected chi connectivity index (χ3v) is 10.3. The molecule has 0 saturated carbocycles. The number of fused-ring (bicyclic) bond motifs is 5. The van der Waals surface area contributed by atoms with Crippen LogP contribution in [0.2, 0.25) is 0 Å². The summed E-state index contributed by atoms with van der Waals surface area (Å²) < 4.78 is 67.0. The fourth-order valence-electron chi connectivity index (χ4n) is 5.26. The Hall–Kier alpha value is -2.57. The zero-order valence-electron chi connectivity index (χ0n) is 22.3. The first-order valence-corrected chi connectivity index (χ1v) is 18.0. The number of alkyl halides is 2. The summed E-state index contributed by atoms with van der Waals surface area (Å²) >= 11 is 10.3. The number of hydrogen-bond donors (Lipinski definition) is 7. The molecule has 8 atom stereocenters. The molecule has 0 radical (unpaired) electrons. The zero-order valence-corrected chi connectivity index (χ0v) is 25.7. The van der Waals surface area contributed by atoms with Crippen LogP contribution in [0.1, 0.15) is 12.6 Å². The molecule has 7 heterocycles. The minimum atomic E-state index is -4.41. The Morgan fingerprint density at radius 3 is 2.62 bits per heavy atom. The fourth-order valence-corrected chi connectivity index (χ4v) is 8.14. The van der Waals surface area contributed by atoms with Crippen LogP contribution in [0, 0.1) is 0 Å². The van der Waals surface area contributed by atoms with Crippen LogP contribution in [0.3, 0.4) is 0 Å². The molecule has 7 rings (SSSR count). The molecular formula is C19H23F2N11O9P2S2. The van der Waals surface area contributed by atoms with Crippen LogP contribution in [0.5, 0.6) is 0 Å². The average molecular weight is 714 g/mol. The molecule has 4 aliphatic heterocycles. The number of aromatic nitrogens is 6. The molecule has 3 saturated heterocycles. The number of rotatable bonds is 2. The molecule has 244 valence electrons. The summed E-state index contributed by atoms with van der Waals surface area (Å²) in [7, 11) is 0. The molecule has 3 aromatic heterocycles. The lowest BCUT2D eigenvalue weighted by Crippen LogP contribution is -2.54. The van der Waals surface area contributed by atoms with Crippen molar-refractivity contribution in [1.29, 1.82) is 0 Å². The fraction of sp³-hybridized carbons (Fsp3) is 0.526. The van der Waals surface area contributed by atoms with E-state index in [1.54, 1.807) is 0 Å². The van der Waals surface area contributed by atoms with Gasteiger partial charge in [0.15, 0.2) is 35.1 Å². The molecule has 9 N–H and O–H groups in total. The van der Waals surface area contributed by atoms with Gasteiger partial charge in [-0.15, -0.1) is 5.53 Å². The molecule has 3 fully saturated rings. The van der Waals surface area contributed by atoms with Crippen molar-refractivity contribution < 1.29 is 46.1 Å². The minimum Gasteiger partial charge on any atom is -0.382 e. The second-order valence-corrected chi connectivity index (χ2v) is 15.7. The molecule has 4 aliphatic rings. The summed E-state index contributed by atoms with van der Waals surface area (Å²) in [6, 6.07) is 0. The Morgan fingerprint density at radius 2 is 1.82 bits per heavy atom. The number of nitrogens with zero attached hydrogens (tertiary/aromatic N) is 6. The molecule has 0 aromatic carbocycles. The van der Waals surface area contributed by atoms with Gasteiger partial charge < -0.3 is 44.3 Å². The predicted octanol–water partition coefficient (Wildman–Crippen LogP) is -0.676. The lowest BCUT2D eigenvalue weighted by atomic mass is 10.1. The van der Waals surface area contributed by atoms with E-state index in [1.165, 1.54) is 10.9 Å². The molecule has 3 aromatic rings. The molecule has 0 amide bonds. The number of ether oxygens (including phenoxy) is 2. The van der Waals surface area contributed by atoms with E-state index in [9.17, 15) is 14.6 Å². The highest BCUT2D eigenvalue weighted by Gasteiger charge is 2.65. The smallest absolute Gasteiger partial charge is 0.325 e. The van der Waals surface area contributed by atoms with Crippen LogP contribution < -0.4 is 33.0 Å². The van der Waals surface area contributed by atoms with Gasteiger partial charge in [0.05, 0.1) is 25.6 Å². The first-order valence-electron chi connectivity index (χ1n) is 12.9. The van der Waals surface area contributed by atoms with Gasteiger partial charge in [0.1, 0.15) is 24.2 Å². The largest absolute Gasteiger partial charge is 0.382 e. The number of halogens is 2. The van der Waals surface area contributed by atoms with Crippen molar-refractivity contribution in [3.05, 3.63) is 23.0 Å². The molecule has 26 heteroatoms. The Morgan fingerprint density at radius 1 is 1.07 bits per heavy atom. The van der Waals surface area contributed by atoms with Crippen LogP contribution in [-0.4, -0.2) is 89.1 Å². The molecule has 2 unspecified atom stereocenters. The first kappa shape index (κ1) is 31.1. The molecule has 0 spiro atoms. The maximum absolute atomic E-state index is 16.0. The highest BCUT2D eigenvalue weighted by atomic mass is 32.5. The van der Waals surface area contributed by atoms with Crippen LogP contribution in [0.15, 0.2) is 17.4 Å². The van der Waals surface area contributed by atoms with Crippen LogP contribution in [0.25, 0.3) is 11.2 Å². The maximum Gasteiger partial charge on any atom is 0.325 e. The Kier molecular flexibility index (Phi) is 7.60. The van der Waals surface area contributed by atoms with Crippen molar-refractivity contribution in [2.75, 3.05) is 35.1 Å². The van der Waals surface area contributed by atoms with Gasteiger partial charge in [0.2, 0.25) is 12.2 Å². The lowest BCUT2D eigenvalue weighted by Gasteiger charge is -2.30. The van der Waals surface area contributed by atoms with Crippen LogP contribution in [0.4, 0.5) is 32.1 Å². The van der Waals surface area contributed by atoms with Gasteiger partial charge in [-0.05, 0) is 23.6 Å². The summed E-state index contributed by atoms with van der Waals surface area (Å²) in [6.07, 6.45) is -6.83. The van der Waals surface area contributed by atoms with Gasteiger partial charge in [-0.3, -0.25) is 24.3 Å². The number of hydrogen-bond acceptors (Lipinski definition) is 18. The zero-order chi connectivity index (χ0) is 31.9. The average Bonchev–Trinajstić information content (AvgIpc) is 3.71. The van der Waals surface area contributed by atoms with Crippen molar-refractivity contribution in [2.24, 2.45) is 0 Å². The molecule has 45 heavy (non-hydrogen) atoms. The minimum absolute atomic E-state index is 0.0136. The number of nitrogen functional groups attached to an aromatic ring is 2. The molecule has 20 nitrogen and oxygen atoms in total. The number of nitrogens with two attached hydrogens (primary N) is 2. The maximum atomic E-state index is 16.0. The van der Waals surface area contributed by atoms with Crippen molar-refractivity contribution in [3.63, 3.8) is 0 Å². The Balaban J connectivity index is 1.19. The van der Waals surface area contributed by atoms with Gasteiger partial charge in [-0.2, -0.15) is 13.8 Å². The molecule has 2 bridgehead atoms. The van der Waals surface area contributed by atoms with Crippen molar-refractivity contribution in [1.82, 2.24) is 35.0 Å². The highest BCUT2D eigenvalue weighted by molar-refractivity contribution is 8.07. The first-order chi connectivity index (χ1) is 21.2. The summed E-state index contributed by atoms with van der Waals surface area (Å²) in [6.45, 7) is -9.86. The van der Waals surface area contributed by atoms with Gasteiger partial charge >= 0.3 is 19.4 Å². The topological polar surface area (TPSA) is 265 Å². The summed E-state index contributed by atoms with van der Waals surface area (Å²) in [5.41, 5.74) is 16.1. The Bertz CT molecular complexity index is 1820. The standard InChI is InChI=1S/C19H23F2N11O9P2S2/c20-19(21)11-8(39-17(19)32-13-9(29-30-32)12(22)24-4-25-13)3-37-42(34,44)40-7-1-6(2-36-43(35,45)41-11)38-16(7)31-5-26-10-14(31)27-18(23)28-15(10)33/h4-8,11,16-17,29-30H,1-3H2,(H,34,44)(H,35,45)(H2,22,24,25)(H3,23,27,28,33)/t6-,7+,8+,11+,16+,17+,42?,43?/m0/s1. The summed E-state index contributed by atoms with van der Waals surface area (Å²) in [5.74, 6) is -4.20. The van der Waals surface area contributed by atoms with Gasteiger partial charge in [-0.25, -0.2) is 20.0 Å². The van der Waals surface area contributed by atoms with E-state index in [1.807, 2.05) is 0 Å². The van der Waals surface area contributed by atoms with E-state index in [0.29, 0.717) is 0 Å². The second-order valence-electron chi connectivity index (χ2n) is 10.1. The predicted molar refractivity (Wildman–Crippen MR) is 155 cm³/mol. The second kappa shape index (κ2) is 11.0. The monoisotopic (exact) mass is 713 g/mol. The van der Waals surface area contributed by atoms with Gasteiger partial charge in [0.25, 0.3) is 5.56 Å². The lowest BCUT2D eigenvalue weighted by molar-refractivity contribution is -0.110. The van der Waals surface area contributed by atoms with E-state index in [0.717, 1.165) is 11.3 Å². The SMILES string of the molecule is Nc1nc2c(ncn2[C@@H]2O[C@@H]3COP(O)(=S)O[C@@H]4[C@@H](COP(O)(=S)O[C@@H]2C3)O[C@@H](N2NNc3c(N)ncnc32)C4(F)F)c(=O)[nH]1. The van der Waals surface area contributed by atoms with Gasteiger partial charge in [-0.1, -0.05) is 0 Å². The normalized spacial score (nSPS) is 36.5. The number of H-pyrrole nitrogens is 1. The quantitative estimate of drug-likeness (QED) is 0.162. The van der Waals surface area contributed by atoms with Crippen molar-refractivity contribution in [2.45, 2.75) is 49.2 Å². The third kappa shape index (κ3) is 5.58. The number of aromatic amines is 1. The van der Waals surface area contributed by atoms with Crippen molar-refractivity contribution >= 4 is 71.5 Å². The highest BCUT2D eigenvalue weighted by Crippen LogP contribution is 2.56. The van der Waals surface area contributed by atoms with E-state index in [2.05, 4.69) is 35.9 Å². The van der Waals surface area contributed by atoms with E-state index in [4.69, 9.17) is 62.6 Å². The summed E-state index contributed by atoms with van der Waals surface area (Å²) in [5, 5.41) is 0.847. The Labute approximate surface area is 259 Å². The number of anilines is 4. The van der Waals surface area contributed by atoms with Crippen LogP contribution >= 0.6 is 13.4 Å². The van der Waals surface area contributed by atoms with Gasteiger partial charge in [0, 0.05) is 6.42 Å². The van der Waals surface area contributed by atoms with E-state index < -0.39 is 75.0 Å². The van der Waals surface area contributed by atoms with Crippen molar-refractivity contribution in [3.8, 4) is 0 Å². The summed E-state index contributed by atoms with van der Waals surface area (Å²) in [4.78, 5) is 52.5. The number of hydrazine groups is 2. The van der Waals surface area contributed by atoms with E-state index >= 15 is 8.78 Å². The van der Waals surface area contributed by atoms with Crippen LogP contribution in [-0.2, 0) is 51.2 Å². The molecule has 0 aliphatic carbocycles. The third-order valence-electron chi connectivity index (χ3n) is 7.18.